The number of methoxy groups -OCH3 is 2. The van der Waals surface area contributed by atoms with E-state index in [2.05, 4.69) is 26.2 Å². The molecule has 1 N–H and O–H groups in total. The number of hydrogen-bond donors (Lipinski definition) is 1. The summed E-state index contributed by atoms with van der Waals surface area (Å²) in [4.78, 5) is 31.3. The Hall–Kier alpha value is -4.13. The molecule has 0 bridgehead atoms. The summed E-state index contributed by atoms with van der Waals surface area (Å²) in [5, 5.41) is 0.408. The number of amides is 1. The highest BCUT2D eigenvalue weighted by atomic mass is 16.5. The number of nitrogens with zero attached hydrogens (tertiary/aromatic N) is 2. The highest BCUT2D eigenvalue weighted by molar-refractivity contribution is 6.01. The van der Waals surface area contributed by atoms with E-state index in [1.54, 1.807) is 36.4 Å². The maximum atomic E-state index is 13.4. The van der Waals surface area contributed by atoms with Gasteiger partial charge in [0.2, 0.25) is 0 Å². The van der Waals surface area contributed by atoms with Crippen LogP contribution in [0.5, 0.6) is 11.5 Å². The number of ether oxygens (including phenoxy) is 2. The minimum Gasteiger partial charge on any atom is -0.493 e. The molecule has 0 radical (unpaired) electrons. The van der Waals surface area contributed by atoms with Crippen LogP contribution in [0.25, 0.3) is 22.3 Å². The Morgan fingerprint density at radius 1 is 0.912 bits per heavy atom. The molecule has 1 heterocycles. The smallest absolute Gasteiger partial charge is 0.280 e. The van der Waals surface area contributed by atoms with Gasteiger partial charge in [0.25, 0.3) is 11.5 Å². The lowest BCUT2D eigenvalue weighted by atomic mass is 9.86. The molecule has 34 heavy (non-hydrogen) atoms. The van der Waals surface area contributed by atoms with Gasteiger partial charge < -0.3 is 9.47 Å². The molecule has 4 rings (SSSR count). The Bertz CT molecular complexity index is 1420. The van der Waals surface area contributed by atoms with Crippen molar-refractivity contribution in [2.75, 3.05) is 19.6 Å². The van der Waals surface area contributed by atoms with Crippen LogP contribution in [-0.2, 0) is 5.41 Å². The summed E-state index contributed by atoms with van der Waals surface area (Å²) in [5.41, 5.74) is 5.07. The number of carbonyl (C=O) groups excluding carboxylic acids is 1. The van der Waals surface area contributed by atoms with Crippen LogP contribution in [0.15, 0.2) is 71.5 Å². The summed E-state index contributed by atoms with van der Waals surface area (Å²) < 4.78 is 11.8. The van der Waals surface area contributed by atoms with Crippen molar-refractivity contribution in [3.8, 4) is 22.9 Å². The Labute approximate surface area is 198 Å². The number of hydrogen-bond acceptors (Lipinski definition) is 5. The van der Waals surface area contributed by atoms with Gasteiger partial charge in [-0.25, -0.2) is 4.98 Å². The van der Waals surface area contributed by atoms with Crippen molar-refractivity contribution < 1.29 is 14.3 Å². The molecule has 174 valence electrons. The molecule has 0 spiro atoms. The van der Waals surface area contributed by atoms with E-state index in [4.69, 9.17) is 14.5 Å². The van der Waals surface area contributed by atoms with Gasteiger partial charge in [0, 0.05) is 11.1 Å². The van der Waals surface area contributed by atoms with Gasteiger partial charge >= 0.3 is 0 Å². The van der Waals surface area contributed by atoms with E-state index in [1.165, 1.54) is 18.9 Å². The zero-order valence-electron chi connectivity index (χ0n) is 19.9. The molecule has 7 heteroatoms. The number of nitrogens with one attached hydrogen (secondary N) is 1. The van der Waals surface area contributed by atoms with E-state index in [-0.39, 0.29) is 11.0 Å². The Kier molecular flexibility index (Phi) is 6.11. The molecule has 0 saturated heterocycles. The minimum atomic E-state index is -0.479. The number of aromatic nitrogens is 2. The van der Waals surface area contributed by atoms with Gasteiger partial charge in [0.1, 0.15) is 0 Å². The van der Waals surface area contributed by atoms with Crippen LogP contribution in [0.4, 0.5) is 0 Å². The topological polar surface area (TPSA) is 82.5 Å². The molecule has 0 fully saturated rings. The van der Waals surface area contributed by atoms with Gasteiger partial charge in [0.05, 0.1) is 25.1 Å². The SMILES string of the molecule is COc1ccc(C(=O)Nn2c(-c3ccc(C(C)(C)C)cc3)nc3ccccc3c2=O)cc1OC. The van der Waals surface area contributed by atoms with Crippen LogP contribution >= 0.6 is 0 Å². The normalized spacial score (nSPS) is 11.3. The molecule has 3 aromatic carbocycles. The molecule has 4 aromatic rings. The van der Waals surface area contributed by atoms with E-state index in [1.807, 2.05) is 30.3 Å². The monoisotopic (exact) mass is 457 g/mol. The molecule has 1 aromatic heterocycles. The van der Waals surface area contributed by atoms with Gasteiger partial charge in [-0.1, -0.05) is 57.2 Å². The van der Waals surface area contributed by atoms with E-state index in [9.17, 15) is 9.59 Å². The van der Waals surface area contributed by atoms with Gasteiger partial charge in [-0.05, 0) is 41.3 Å². The maximum Gasteiger partial charge on any atom is 0.280 e. The summed E-state index contributed by atoms with van der Waals surface area (Å²) in [5.74, 6) is 0.783. The van der Waals surface area contributed by atoms with Gasteiger partial charge in [-0.2, -0.15) is 4.68 Å². The van der Waals surface area contributed by atoms with E-state index < -0.39 is 5.91 Å². The molecular formula is C27H27N3O4. The fourth-order valence-corrected chi connectivity index (χ4v) is 3.69. The standard InChI is InChI=1S/C27H27N3O4/c1-27(2,3)19-13-10-17(11-14-19)24-28-21-9-7-6-8-20(21)26(32)30(24)29-25(31)18-12-15-22(33-4)23(16-18)34-5/h6-16H,1-5H3,(H,29,31). The third-order valence-electron chi connectivity index (χ3n) is 5.64. The average molecular weight is 458 g/mol. The van der Waals surface area contributed by atoms with E-state index in [0.717, 1.165) is 5.56 Å². The molecule has 0 aliphatic heterocycles. The Morgan fingerprint density at radius 2 is 1.59 bits per heavy atom. The Balaban J connectivity index is 1.82. The van der Waals surface area contributed by atoms with Crippen molar-refractivity contribution in [2.45, 2.75) is 26.2 Å². The predicted octanol–water partition coefficient (Wildman–Crippen LogP) is 4.76. The van der Waals surface area contributed by atoms with Crippen molar-refractivity contribution in [3.63, 3.8) is 0 Å². The highest BCUT2D eigenvalue weighted by Crippen LogP contribution is 2.28. The van der Waals surface area contributed by atoms with Crippen LogP contribution in [0.1, 0.15) is 36.7 Å². The highest BCUT2D eigenvalue weighted by Gasteiger charge is 2.19. The molecule has 0 aliphatic carbocycles. The second-order valence-corrected chi connectivity index (χ2v) is 8.93. The summed E-state index contributed by atoms with van der Waals surface area (Å²) >= 11 is 0. The van der Waals surface area contributed by atoms with Crippen molar-refractivity contribution in [1.29, 1.82) is 0 Å². The molecule has 0 unspecified atom stereocenters. The number of para-hydroxylation sites is 1. The van der Waals surface area contributed by atoms with Crippen LogP contribution in [0, 0.1) is 0 Å². The molecule has 7 nitrogen and oxygen atoms in total. The zero-order valence-corrected chi connectivity index (χ0v) is 19.9. The first-order valence-electron chi connectivity index (χ1n) is 10.9. The quantitative estimate of drug-likeness (QED) is 0.467. The summed E-state index contributed by atoms with van der Waals surface area (Å²) in [6.07, 6.45) is 0. The first kappa shape index (κ1) is 23.0. The second-order valence-electron chi connectivity index (χ2n) is 8.93. The predicted molar refractivity (Wildman–Crippen MR) is 133 cm³/mol. The number of rotatable bonds is 5. The zero-order chi connectivity index (χ0) is 24.5. The Morgan fingerprint density at radius 3 is 2.24 bits per heavy atom. The first-order chi connectivity index (χ1) is 16.2. The fraction of sp³-hybridized carbons (Fsp3) is 0.222. The molecule has 0 aliphatic rings. The molecule has 1 amide bonds. The van der Waals surface area contributed by atoms with Crippen LogP contribution in [0.3, 0.4) is 0 Å². The van der Waals surface area contributed by atoms with Crippen molar-refractivity contribution in [2.24, 2.45) is 0 Å². The van der Waals surface area contributed by atoms with Gasteiger partial charge in [0.15, 0.2) is 17.3 Å². The number of carbonyl (C=O) groups is 1. The van der Waals surface area contributed by atoms with E-state index in [0.29, 0.717) is 39.4 Å². The minimum absolute atomic E-state index is 0.0172. The lowest BCUT2D eigenvalue weighted by molar-refractivity contribution is 0.101. The summed E-state index contributed by atoms with van der Waals surface area (Å²) in [7, 11) is 3.02. The second kappa shape index (κ2) is 9.02. The maximum absolute atomic E-state index is 13.4. The lowest BCUT2D eigenvalue weighted by Gasteiger charge is -2.20. The molecule has 0 saturated carbocycles. The van der Waals surface area contributed by atoms with Crippen molar-refractivity contribution in [1.82, 2.24) is 9.66 Å². The summed E-state index contributed by atoms with van der Waals surface area (Å²) in [6.45, 7) is 6.40. The van der Waals surface area contributed by atoms with Crippen molar-refractivity contribution in [3.05, 3.63) is 88.2 Å². The van der Waals surface area contributed by atoms with E-state index >= 15 is 0 Å². The van der Waals surface area contributed by atoms with Crippen LogP contribution in [-0.4, -0.2) is 29.8 Å². The fourth-order valence-electron chi connectivity index (χ4n) is 3.69. The van der Waals surface area contributed by atoms with Crippen LogP contribution < -0.4 is 20.5 Å². The number of benzene rings is 3. The third-order valence-corrected chi connectivity index (χ3v) is 5.64. The van der Waals surface area contributed by atoms with Crippen molar-refractivity contribution >= 4 is 16.8 Å². The largest absolute Gasteiger partial charge is 0.493 e. The first-order valence-corrected chi connectivity index (χ1v) is 10.9. The lowest BCUT2D eigenvalue weighted by Crippen LogP contribution is -2.35. The summed E-state index contributed by atoms with van der Waals surface area (Å²) in [6, 6.07) is 19.7. The van der Waals surface area contributed by atoms with Gasteiger partial charge in [-0.15, -0.1) is 0 Å². The number of fused-ring (bicyclic) bond motifs is 1. The molecule has 0 atom stereocenters. The third kappa shape index (κ3) is 4.37. The van der Waals surface area contributed by atoms with Crippen LogP contribution in [0.2, 0.25) is 0 Å². The molecular weight excluding hydrogens is 430 g/mol. The average Bonchev–Trinajstić information content (AvgIpc) is 2.84. The van der Waals surface area contributed by atoms with Gasteiger partial charge in [-0.3, -0.25) is 15.0 Å².